The highest BCUT2D eigenvalue weighted by atomic mass is 17.2. The Bertz CT molecular complexity index is 695. The number of rotatable bonds is 6. The van der Waals surface area contributed by atoms with Gasteiger partial charge in [0, 0.05) is 0 Å². The van der Waals surface area contributed by atoms with Crippen molar-refractivity contribution in [3.8, 4) is 0 Å². The maximum absolute atomic E-state index is 10.3. The normalized spacial score (nSPS) is 39.5. The second-order valence-electron chi connectivity index (χ2n) is 11.5. The molecular formula is C27H44O4. The van der Waals surface area contributed by atoms with Crippen LogP contribution in [0.2, 0.25) is 0 Å². The summed E-state index contributed by atoms with van der Waals surface area (Å²) in [7, 11) is 0. The third-order valence-corrected chi connectivity index (χ3v) is 9.21. The summed E-state index contributed by atoms with van der Waals surface area (Å²) in [6.07, 6.45) is 12.7. The first-order chi connectivity index (χ1) is 14.8. The molecule has 4 heteroatoms. The third kappa shape index (κ3) is 4.83. The summed E-state index contributed by atoms with van der Waals surface area (Å²) in [5, 5.41) is 20.5. The van der Waals surface area contributed by atoms with E-state index in [1.54, 1.807) is 5.57 Å². The van der Waals surface area contributed by atoms with E-state index in [0.29, 0.717) is 29.8 Å². The maximum Gasteiger partial charge on any atom is 0.133 e. The topological polar surface area (TPSA) is 58.9 Å². The second-order valence-corrected chi connectivity index (χ2v) is 11.5. The molecule has 2 N–H and O–H groups in total. The Morgan fingerprint density at radius 1 is 1.13 bits per heavy atom. The van der Waals surface area contributed by atoms with Gasteiger partial charge in [-0.2, -0.15) is 0 Å². The zero-order valence-corrected chi connectivity index (χ0v) is 20.1. The highest BCUT2D eigenvalue weighted by molar-refractivity contribution is 5.31. The monoisotopic (exact) mass is 432 g/mol. The Morgan fingerprint density at radius 3 is 2.71 bits per heavy atom. The zero-order chi connectivity index (χ0) is 22.2. The molecule has 0 aromatic rings. The van der Waals surface area contributed by atoms with Crippen LogP contribution in [0.1, 0.15) is 91.9 Å². The van der Waals surface area contributed by atoms with Crippen molar-refractivity contribution in [1.82, 2.24) is 0 Å². The largest absolute Gasteiger partial charge is 0.393 e. The zero-order valence-electron chi connectivity index (χ0n) is 20.1. The predicted molar refractivity (Wildman–Crippen MR) is 123 cm³/mol. The molecule has 1 aliphatic heterocycles. The van der Waals surface area contributed by atoms with Gasteiger partial charge in [0.25, 0.3) is 0 Å². The van der Waals surface area contributed by atoms with E-state index in [2.05, 4.69) is 33.8 Å². The standard InChI is InChI=1S/C27H44O4/c1-17(2)25(29)12-7-18(3)23-10-11-24-19(6-5-13-27(23,24)4)14-26-22-15-21(28)9-8-20(22)16-30-31-26/h14,17-18,21,23-26,28-29H,5-13,15-16H2,1-4H3/t18-,21-,23-,24+,25?,26?,27-/m1/s1. The van der Waals surface area contributed by atoms with Crippen LogP contribution in [0.15, 0.2) is 22.8 Å². The van der Waals surface area contributed by atoms with Gasteiger partial charge >= 0.3 is 0 Å². The van der Waals surface area contributed by atoms with Crippen molar-refractivity contribution >= 4 is 0 Å². The Labute approximate surface area is 189 Å². The molecule has 0 bridgehead atoms. The minimum atomic E-state index is -0.240. The molecule has 0 aromatic carbocycles. The minimum Gasteiger partial charge on any atom is -0.393 e. The fourth-order valence-electron chi connectivity index (χ4n) is 7.23. The first-order valence-electron chi connectivity index (χ1n) is 12.9. The summed E-state index contributed by atoms with van der Waals surface area (Å²) in [6.45, 7) is 9.74. The number of aliphatic hydroxyl groups is 2. The van der Waals surface area contributed by atoms with E-state index in [1.165, 1.54) is 43.3 Å². The molecule has 0 spiro atoms. The molecule has 3 aliphatic carbocycles. The van der Waals surface area contributed by atoms with E-state index in [-0.39, 0.29) is 18.3 Å². The minimum absolute atomic E-state index is 0.117. The lowest BCUT2D eigenvalue weighted by molar-refractivity contribution is -0.310. The van der Waals surface area contributed by atoms with Gasteiger partial charge in [-0.15, -0.1) is 0 Å². The lowest BCUT2D eigenvalue weighted by Gasteiger charge is -2.45. The summed E-state index contributed by atoms with van der Waals surface area (Å²) in [4.78, 5) is 11.3. The van der Waals surface area contributed by atoms with Crippen LogP contribution < -0.4 is 0 Å². The van der Waals surface area contributed by atoms with Crippen molar-refractivity contribution in [1.29, 1.82) is 0 Å². The van der Waals surface area contributed by atoms with Crippen molar-refractivity contribution in [2.24, 2.45) is 29.1 Å². The van der Waals surface area contributed by atoms with Crippen LogP contribution in [0.3, 0.4) is 0 Å². The first-order valence-corrected chi connectivity index (χ1v) is 12.9. The van der Waals surface area contributed by atoms with Gasteiger partial charge in [0.1, 0.15) is 12.7 Å². The van der Waals surface area contributed by atoms with Gasteiger partial charge in [0.05, 0.1) is 12.2 Å². The van der Waals surface area contributed by atoms with Gasteiger partial charge < -0.3 is 10.2 Å². The van der Waals surface area contributed by atoms with Crippen LogP contribution in [0.4, 0.5) is 0 Å². The van der Waals surface area contributed by atoms with Gasteiger partial charge in [-0.1, -0.05) is 33.3 Å². The lowest BCUT2D eigenvalue weighted by atomic mass is 9.60. The van der Waals surface area contributed by atoms with E-state index in [4.69, 9.17) is 9.78 Å². The van der Waals surface area contributed by atoms with Gasteiger partial charge in [0.15, 0.2) is 0 Å². The maximum atomic E-state index is 10.3. The van der Waals surface area contributed by atoms with Crippen molar-refractivity contribution in [3.63, 3.8) is 0 Å². The molecule has 0 saturated heterocycles. The van der Waals surface area contributed by atoms with Gasteiger partial charge in [-0.25, -0.2) is 9.78 Å². The van der Waals surface area contributed by atoms with Crippen molar-refractivity contribution < 1.29 is 20.0 Å². The van der Waals surface area contributed by atoms with E-state index in [1.807, 2.05) is 0 Å². The molecule has 2 unspecified atom stereocenters. The van der Waals surface area contributed by atoms with Gasteiger partial charge in [0.2, 0.25) is 0 Å². The quantitative estimate of drug-likeness (QED) is 0.415. The number of hydrogen-bond acceptors (Lipinski definition) is 4. The fraction of sp³-hybridized carbons (Fsp3) is 0.852. The van der Waals surface area contributed by atoms with E-state index in [0.717, 1.165) is 38.0 Å². The summed E-state index contributed by atoms with van der Waals surface area (Å²) in [5.41, 5.74) is 4.53. The molecule has 0 radical (unpaired) electrons. The summed E-state index contributed by atoms with van der Waals surface area (Å²) in [6, 6.07) is 0. The van der Waals surface area contributed by atoms with Crippen LogP contribution in [-0.4, -0.2) is 35.1 Å². The lowest BCUT2D eigenvalue weighted by Crippen LogP contribution is -2.37. The Kier molecular flexibility index (Phi) is 7.32. The average Bonchev–Trinajstić information content (AvgIpc) is 3.10. The van der Waals surface area contributed by atoms with E-state index in [9.17, 15) is 10.2 Å². The highest BCUT2D eigenvalue weighted by Crippen LogP contribution is 2.60. The summed E-state index contributed by atoms with van der Waals surface area (Å²) >= 11 is 0. The second kappa shape index (κ2) is 9.67. The first kappa shape index (κ1) is 23.5. The molecule has 4 nitrogen and oxygen atoms in total. The van der Waals surface area contributed by atoms with Crippen LogP contribution in [0.5, 0.6) is 0 Å². The molecule has 1 heterocycles. The molecule has 7 atom stereocenters. The van der Waals surface area contributed by atoms with Crippen LogP contribution >= 0.6 is 0 Å². The van der Waals surface area contributed by atoms with Crippen molar-refractivity contribution in [3.05, 3.63) is 22.8 Å². The molecule has 2 fully saturated rings. The van der Waals surface area contributed by atoms with E-state index < -0.39 is 0 Å². The molecule has 4 aliphatic rings. The summed E-state index contributed by atoms with van der Waals surface area (Å²) in [5.74, 6) is 2.36. The SMILES string of the molecule is CC(C)C(O)CC[C@@H](C)[C@H]1CC[C@H]2C(=CC3OOCC4=C3C[C@H](O)CC4)CCC[C@]12C. The average molecular weight is 433 g/mol. The smallest absolute Gasteiger partial charge is 0.133 e. The van der Waals surface area contributed by atoms with Crippen molar-refractivity contribution in [2.45, 2.75) is 110 Å². The van der Waals surface area contributed by atoms with Gasteiger partial charge in [-0.05, 0) is 111 Å². The predicted octanol–water partition coefficient (Wildman–Crippen LogP) is 5.73. The van der Waals surface area contributed by atoms with Crippen LogP contribution in [-0.2, 0) is 9.78 Å². The number of fused-ring (bicyclic) bond motifs is 1. The molecule has 2 saturated carbocycles. The molecule has 0 amide bonds. The molecule has 4 rings (SSSR count). The Morgan fingerprint density at radius 2 is 1.94 bits per heavy atom. The third-order valence-electron chi connectivity index (χ3n) is 9.21. The van der Waals surface area contributed by atoms with Gasteiger partial charge in [-0.3, -0.25) is 0 Å². The van der Waals surface area contributed by atoms with Crippen LogP contribution in [0, 0.1) is 29.1 Å². The van der Waals surface area contributed by atoms with E-state index >= 15 is 0 Å². The number of allylic oxidation sites excluding steroid dienone is 1. The highest BCUT2D eigenvalue weighted by Gasteiger charge is 2.50. The Balaban J connectivity index is 1.48. The number of aliphatic hydroxyl groups excluding tert-OH is 2. The number of hydrogen-bond donors (Lipinski definition) is 2. The molecule has 0 aromatic heterocycles. The molecular weight excluding hydrogens is 388 g/mol. The van der Waals surface area contributed by atoms with Crippen molar-refractivity contribution in [2.75, 3.05) is 6.61 Å². The Hall–Kier alpha value is -0.680. The summed E-state index contributed by atoms with van der Waals surface area (Å²) < 4.78 is 0. The molecule has 176 valence electrons. The fourth-order valence-corrected chi connectivity index (χ4v) is 7.23. The van der Waals surface area contributed by atoms with Crippen LogP contribution in [0.25, 0.3) is 0 Å². The molecule has 31 heavy (non-hydrogen) atoms.